The van der Waals surface area contributed by atoms with Crippen molar-refractivity contribution in [2.75, 3.05) is 11.1 Å². The summed E-state index contributed by atoms with van der Waals surface area (Å²) in [6.07, 6.45) is 0. The molecule has 0 saturated heterocycles. The molecule has 6 nitrogen and oxygen atoms in total. The van der Waals surface area contributed by atoms with Gasteiger partial charge in [-0.3, -0.25) is 9.59 Å². The Bertz CT molecular complexity index is 994. The van der Waals surface area contributed by atoms with Crippen LogP contribution in [0.1, 0.15) is 36.2 Å². The third-order valence-electron chi connectivity index (χ3n) is 3.67. The molecule has 0 aliphatic carbocycles. The van der Waals surface area contributed by atoms with Gasteiger partial charge in [0.15, 0.2) is 0 Å². The summed E-state index contributed by atoms with van der Waals surface area (Å²) in [6, 6.07) is 7.39. The number of thioether (sulfide) groups is 1. The summed E-state index contributed by atoms with van der Waals surface area (Å²) in [5.74, 6) is 2.10. The first-order chi connectivity index (χ1) is 12.4. The molecule has 0 aromatic carbocycles. The van der Waals surface area contributed by atoms with Crippen molar-refractivity contribution in [1.29, 1.82) is 0 Å². The van der Waals surface area contributed by atoms with Crippen molar-refractivity contribution in [3.05, 3.63) is 51.0 Å². The lowest BCUT2D eigenvalue weighted by molar-refractivity contribution is -0.113. The Balaban J connectivity index is 1.61. The maximum Gasteiger partial charge on any atom is 0.259 e. The van der Waals surface area contributed by atoms with E-state index in [2.05, 4.69) is 34.1 Å². The van der Waals surface area contributed by atoms with E-state index in [0.29, 0.717) is 28.7 Å². The second kappa shape index (κ2) is 8.01. The fraction of sp³-hybridized carbons (Fsp3) is 0.333. The molecule has 0 aliphatic rings. The first-order valence-electron chi connectivity index (χ1n) is 8.26. The maximum atomic E-state index is 12.2. The molecule has 8 heteroatoms. The summed E-state index contributed by atoms with van der Waals surface area (Å²) in [4.78, 5) is 37.7. The molecule has 3 aromatic rings. The second-order valence-electron chi connectivity index (χ2n) is 6.24. The van der Waals surface area contributed by atoms with E-state index < -0.39 is 0 Å². The number of amides is 1. The van der Waals surface area contributed by atoms with Gasteiger partial charge in [-0.05, 0) is 31.0 Å². The third-order valence-corrected chi connectivity index (χ3v) is 5.94. The third kappa shape index (κ3) is 4.50. The van der Waals surface area contributed by atoms with Crippen molar-refractivity contribution in [2.45, 2.75) is 32.4 Å². The second-order valence-corrected chi connectivity index (χ2v) is 8.29. The smallest absolute Gasteiger partial charge is 0.259 e. The standard InChI is InChI=1S/C18H20N4O2S2/c1-10(2)13-7-12-17(24)21-15(22-18(12)26-13)8-25-9-16(23)20-14-6-4-5-11(3)19-14/h4-7,10H,8-9H2,1-3H3,(H,19,20,23)(H,21,22,24). The summed E-state index contributed by atoms with van der Waals surface area (Å²) >= 11 is 2.95. The normalized spacial score (nSPS) is 11.2. The summed E-state index contributed by atoms with van der Waals surface area (Å²) in [7, 11) is 0. The number of fused-ring (bicyclic) bond motifs is 1. The van der Waals surface area contributed by atoms with Crippen LogP contribution in [0, 0.1) is 6.92 Å². The minimum Gasteiger partial charge on any atom is -0.310 e. The average Bonchev–Trinajstić information content (AvgIpc) is 3.00. The SMILES string of the molecule is Cc1cccc(NC(=O)CSCc2nc3sc(C(C)C)cc3c(=O)[nH]2)n1. The Morgan fingerprint density at radius 3 is 2.88 bits per heavy atom. The van der Waals surface area contributed by atoms with Crippen LogP contribution in [-0.2, 0) is 10.5 Å². The first kappa shape index (κ1) is 18.6. The van der Waals surface area contributed by atoms with Crippen molar-refractivity contribution < 1.29 is 4.79 Å². The molecule has 1 amide bonds. The summed E-state index contributed by atoms with van der Waals surface area (Å²) in [5, 5.41) is 3.40. The molecule has 3 rings (SSSR count). The number of aromatic amines is 1. The molecule has 26 heavy (non-hydrogen) atoms. The highest BCUT2D eigenvalue weighted by Crippen LogP contribution is 2.27. The van der Waals surface area contributed by atoms with E-state index in [-0.39, 0.29) is 17.2 Å². The van der Waals surface area contributed by atoms with E-state index in [9.17, 15) is 9.59 Å². The summed E-state index contributed by atoms with van der Waals surface area (Å²) < 4.78 is 0. The van der Waals surface area contributed by atoms with Gasteiger partial charge in [0.25, 0.3) is 5.56 Å². The van der Waals surface area contributed by atoms with Crippen molar-refractivity contribution in [1.82, 2.24) is 15.0 Å². The van der Waals surface area contributed by atoms with E-state index in [1.165, 1.54) is 11.8 Å². The molecule has 0 saturated carbocycles. The topological polar surface area (TPSA) is 87.7 Å². The number of aryl methyl sites for hydroxylation is 1. The van der Waals surface area contributed by atoms with E-state index >= 15 is 0 Å². The number of thiophene rings is 1. The number of rotatable bonds is 6. The zero-order chi connectivity index (χ0) is 18.7. The molecule has 0 spiro atoms. The number of pyridine rings is 1. The van der Waals surface area contributed by atoms with E-state index in [0.717, 1.165) is 15.4 Å². The Hall–Kier alpha value is -2.19. The van der Waals surface area contributed by atoms with Crippen LogP contribution in [0.2, 0.25) is 0 Å². The molecule has 0 aliphatic heterocycles. The maximum absolute atomic E-state index is 12.2. The van der Waals surface area contributed by atoms with Gasteiger partial charge in [0.1, 0.15) is 16.5 Å². The van der Waals surface area contributed by atoms with Crippen molar-refractivity contribution in [2.24, 2.45) is 0 Å². The molecule has 0 bridgehead atoms. The van der Waals surface area contributed by atoms with Crippen LogP contribution >= 0.6 is 23.1 Å². The van der Waals surface area contributed by atoms with Crippen LogP contribution < -0.4 is 10.9 Å². The highest BCUT2D eigenvalue weighted by molar-refractivity contribution is 7.99. The quantitative estimate of drug-likeness (QED) is 0.672. The molecular formula is C18H20N4O2S2. The number of H-pyrrole nitrogens is 1. The highest BCUT2D eigenvalue weighted by Gasteiger charge is 2.11. The van der Waals surface area contributed by atoms with Gasteiger partial charge in [-0.15, -0.1) is 23.1 Å². The molecule has 0 radical (unpaired) electrons. The number of anilines is 1. The van der Waals surface area contributed by atoms with Gasteiger partial charge in [-0.2, -0.15) is 0 Å². The lowest BCUT2D eigenvalue weighted by Gasteiger charge is -2.05. The minimum absolute atomic E-state index is 0.123. The van der Waals surface area contributed by atoms with Gasteiger partial charge < -0.3 is 10.3 Å². The Kier molecular flexibility index (Phi) is 5.73. The zero-order valence-corrected chi connectivity index (χ0v) is 16.5. The van der Waals surface area contributed by atoms with Gasteiger partial charge in [0, 0.05) is 10.6 Å². The fourth-order valence-electron chi connectivity index (χ4n) is 2.38. The van der Waals surface area contributed by atoms with Gasteiger partial charge in [0.2, 0.25) is 5.91 Å². The number of carbonyl (C=O) groups excluding carboxylic acids is 1. The Labute approximate surface area is 159 Å². The zero-order valence-electron chi connectivity index (χ0n) is 14.8. The monoisotopic (exact) mass is 388 g/mol. The van der Waals surface area contributed by atoms with Crippen molar-refractivity contribution in [3.63, 3.8) is 0 Å². The van der Waals surface area contributed by atoms with E-state index in [1.54, 1.807) is 17.4 Å². The fourth-order valence-corrected chi connectivity index (χ4v) is 4.12. The average molecular weight is 389 g/mol. The van der Waals surface area contributed by atoms with Crippen LogP contribution in [0.25, 0.3) is 10.2 Å². The van der Waals surface area contributed by atoms with Crippen LogP contribution in [0.3, 0.4) is 0 Å². The van der Waals surface area contributed by atoms with Gasteiger partial charge in [-0.1, -0.05) is 19.9 Å². The summed E-state index contributed by atoms with van der Waals surface area (Å²) in [6.45, 7) is 6.06. The molecule has 3 aromatic heterocycles. The molecule has 3 heterocycles. The molecular weight excluding hydrogens is 368 g/mol. The van der Waals surface area contributed by atoms with Gasteiger partial charge in [0.05, 0.1) is 16.9 Å². The highest BCUT2D eigenvalue weighted by atomic mass is 32.2. The number of carbonyl (C=O) groups is 1. The lowest BCUT2D eigenvalue weighted by atomic mass is 10.2. The van der Waals surface area contributed by atoms with Gasteiger partial charge in [-0.25, -0.2) is 9.97 Å². The molecule has 0 fully saturated rings. The van der Waals surface area contributed by atoms with Crippen LogP contribution in [-0.4, -0.2) is 26.6 Å². The Morgan fingerprint density at radius 2 is 2.15 bits per heavy atom. The van der Waals surface area contributed by atoms with E-state index in [4.69, 9.17) is 0 Å². The lowest BCUT2D eigenvalue weighted by Crippen LogP contribution is -2.16. The van der Waals surface area contributed by atoms with Gasteiger partial charge >= 0.3 is 0 Å². The largest absolute Gasteiger partial charge is 0.310 e. The molecule has 0 unspecified atom stereocenters. The predicted molar refractivity (Wildman–Crippen MR) is 108 cm³/mol. The van der Waals surface area contributed by atoms with Crippen molar-refractivity contribution in [3.8, 4) is 0 Å². The van der Waals surface area contributed by atoms with Crippen LogP contribution in [0.4, 0.5) is 5.82 Å². The van der Waals surface area contributed by atoms with Crippen LogP contribution in [0.5, 0.6) is 0 Å². The number of hydrogen-bond donors (Lipinski definition) is 2. The number of nitrogens with one attached hydrogen (secondary N) is 2. The van der Waals surface area contributed by atoms with Crippen molar-refractivity contribution >= 4 is 45.0 Å². The Morgan fingerprint density at radius 1 is 1.35 bits per heavy atom. The molecule has 2 N–H and O–H groups in total. The van der Waals surface area contributed by atoms with Crippen LogP contribution in [0.15, 0.2) is 29.1 Å². The molecule has 136 valence electrons. The molecule has 0 atom stereocenters. The predicted octanol–water partition coefficient (Wildman–Crippen LogP) is 3.68. The first-order valence-corrected chi connectivity index (χ1v) is 10.2. The summed E-state index contributed by atoms with van der Waals surface area (Å²) in [5.41, 5.74) is 0.726. The van der Waals surface area contributed by atoms with E-state index in [1.807, 2.05) is 25.1 Å². The number of aromatic nitrogens is 3. The number of nitrogens with zero attached hydrogens (tertiary/aromatic N) is 2. The minimum atomic E-state index is -0.130. The number of hydrogen-bond acceptors (Lipinski definition) is 6.